The number of rotatable bonds is 4. The first-order chi connectivity index (χ1) is 11.2. The third-order valence-electron chi connectivity index (χ3n) is 4.48. The minimum absolute atomic E-state index is 0.0382. The highest BCUT2D eigenvalue weighted by Gasteiger charge is 2.27. The summed E-state index contributed by atoms with van der Waals surface area (Å²) in [5, 5.41) is 1.75. The van der Waals surface area contributed by atoms with Crippen molar-refractivity contribution in [2.75, 3.05) is 7.11 Å². The maximum Gasteiger partial charge on any atom is 0.315 e. The minimum atomic E-state index is -0.0811. The average Bonchev–Trinajstić information content (AvgIpc) is 2.96. The lowest BCUT2D eigenvalue weighted by molar-refractivity contribution is -0.139. The van der Waals surface area contributed by atoms with Crippen LogP contribution < -0.4 is 9.47 Å². The van der Waals surface area contributed by atoms with E-state index in [0.717, 1.165) is 41.5 Å². The van der Waals surface area contributed by atoms with E-state index < -0.39 is 0 Å². The van der Waals surface area contributed by atoms with Gasteiger partial charge in [0.15, 0.2) is 5.06 Å². The fourth-order valence-electron chi connectivity index (χ4n) is 3.17. The van der Waals surface area contributed by atoms with E-state index in [9.17, 15) is 4.79 Å². The number of esters is 1. The molecule has 3 nitrogen and oxygen atoms in total. The van der Waals surface area contributed by atoms with E-state index in [2.05, 4.69) is 19.1 Å². The summed E-state index contributed by atoms with van der Waals surface area (Å²) in [5.41, 5.74) is 0. The molecule has 4 heteroatoms. The fourth-order valence-corrected chi connectivity index (χ4v) is 4.11. The maximum atomic E-state index is 12.4. The van der Waals surface area contributed by atoms with Crippen LogP contribution in [-0.4, -0.2) is 13.1 Å². The third kappa shape index (κ3) is 3.75. The summed E-state index contributed by atoms with van der Waals surface area (Å²) in [6.45, 7) is 2.05. The van der Waals surface area contributed by atoms with Gasteiger partial charge in [0.05, 0.1) is 13.0 Å². The molecule has 1 aliphatic carbocycles. The lowest BCUT2D eigenvalue weighted by atomic mass is 9.82. The molecule has 1 fully saturated rings. The van der Waals surface area contributed by atoms with Gasteiger partial charge in [-0.05, 0) is 62.1 Å². The molecule has 0 unspecified atom stereocenters. The van der Waals surface area contributed by atoms with Crippen LogP contribution in [0.15, 0.2) is 36.4 Å². The zero-order valence-electron chi connectivity index (χ0n) is 13.6. The van der Waals surface area contributed by atoms with Gasteiger partial charge in [-0.15, -0.1) is 0 Å². The predicted octanol–water partition coefficient (Wildman–Crippen LogP) is 5.20. The number of allylic oxidation sites excluding steroid dienone is 2. The Balaban J connectivity index is 1.64. The van der Waals surface area contributed by atoms with Crippen LogP contribution in [-0.2, 0) is 4.79 Å². The number of fused-ring (bicyclic) bond motifs is 1. The van der Waals surface area contributed by atoms with Crippen LogP contribution in [0.1, 0.15) is 32.6 Å². The Morgan fingerprint density at radius 1 is 1.22 bits per heavy atom. The van der Waals surface area contributed by atoms with Gasteiger partial charge < -0.3 is 9.47 Å². The summed E-state index contributed by atoms with van der Waals surface area (Å²) in [7, 11) is 1.65. The van der Waals surface area contributed by atoms with Crippen molar-refractivity contribution in [3.8, 4) is 10.8 Å². The summed E-state index contributed by atoms with van der Waals surface area (Å²) < 4.78 is 11.9. The molecule has 0 atom stereocenters. The summed E-state index contributed by atoms with van der Waals surface area (Å²) in [5.74, 6) is 1.40. The van der Waals surface area contributed by atoms with E-state index in [1.165, 1.54) is 11.3 Å². The molecule has 0 N–H and O–H groups in total. The van der Waals surface area contributed by atoms with Crippen molar-refractivity contribution in [1.82, 2.24) is 0 Å². The van der Waals surface area contributed by atoms with Crippen LogP contribution >= 0.6 is 11.3 Å². The number of benzene rings is 1. The Hall–Kier alpha value is -1.81. The highest BCUT2D eigenvalue weighted by atomic mass is 32.1. The van der Waals surface area contributed by atoms with E-state index in [-0.39, 0.29) is 11.9 Å². The number of hydrogen-bond donors (Lipinski definition) is 0. The Morgan fingerprint density at radius 3 is 2.70 bits per heavy atom. The Labute approximate surface area is 140 Å². The topological polar surface area (TPSA) is 35.5 Å². The number of thiophene rings is 1. The maximum absolute atomic E-state index is 12.4. The van der Waals surface area contributed by atoms with Gasteiger partial charge in [-0.2, -0.15) is 0 Å². The van der Waals surface area contributed by atoms with Crippen LogP contribution in [0.25, 0.3) is 10.1 Å². The van der Waals surface area contributed by atoms with Crippen molar-refractivity contribution in [2.24, 2.45) is 11.8 Å². The Morgan fingerprint density at radius 2 is 2.00 bits per heavy atom. The molecular weight excluding hydrogens is 308 g/mol. The fraction of sp³-hybridized carbons (Fsp3) is 0.421. The van der Waals surface area contributed by atoms with E-state index in [4.69, 9.17) is 9.47 Å². The second-order valence-electron chi connectivity index (χ2n) is 6.03. The molecule has 0 spiro atoms. The quantitative estimate of drug-likeness (QED) is 0.571. The molecule has 23 heavy (non-hydrogen) atoms. The Bertz CT molecular complexity index is 708. The molecular formula is C19H22O3S. The molecule has 122 valence electrons. The number of methoxy groups -OCH3 is 1. The second kappa shape index (κ2) is 7.18. The van der Waals surface area contributed by atoms with E-state index in [1.807, 2.05) is 24.3 Å². The number of hydrogen-bond acceptors (Lipinski definition) is 4. The Kier molecular flexibility index (Phi) is 5.01. The first kappa shape index (κ1) is 16.1. The molecule has 0 saturated heterocycles. The van der Waals surface area contributed by atoms with Crippen molar-refractivity contribution in [1.29, 1.82) is 0 Å². The van der Waals surface area contributed by atoms with Crippen LogP contribution in [0.3, 0.4) is 0 Å². The van der Waals surface area contributed by atoms with Gasteiger partial charge in [0.25, 0.3) is 0 Å². The summed E-state index contributed by atoms with van der Waals surface area (Å²) >= 11 is 1.49. The van der Waals surface area contributed by atoms with Gasteiger partial charge in [-0.3, -0.25) is 4.79 Å². The highest BCUT2D eigenvalue weighted by molar-refractivity contribution is 7.20. The molecule has 2 aromatic rings. The monoisotopic (exact) mass is 330 g/mol. The van der Waals surface area contributed by atoms with Crippen molar-refractivity contribution < 1.29 is 14.3 Å². The van der Waals surface area contributed by atoms with Crippen molar-refractivity contribution in [3.63, 3.8) is 0 Å². The zero-order valence-corrected chi connectivity index (χ0v) is 14.4. The van der Waals surface area contributed by atoms with Gasteiger partial charge in [-0.1, -0.05) is 23.5 Å². The minimum Gasteiger partial charge on any atom is -0.497 e. The van der Waals surface area contributed by atoms with Crippen LogP contribution in [0.5, 0.6) is 10.8 Å². The normalized spacial score (nSPS) is 21.7. The lowest BCUT2D eigenvalue weighted by Gasteiger charge is -2.24. The van der Waals surface area contributed by atoms with Crippen LogP contribution in [0, 0.1) is 11.8 Å². The largest absolute Gasteiger partial charge is 0.497 e. The van der Waals surface area contributed by atoms with Gasteiger partial charge in [0.2, 0.25) is 0 Å². The highest BCUT2D eigenvalue weighted by Crippen LogP contribution is 2.36. The average molecular weight is 330 g/mol. The van der Waals surface area contributed by atoms with E-state index in [1.54, 1.807) is 7.11 Å². The van der Waals surface area contributed by atoms with Gasteiger partial charge >= 0.3 is 5.97 Å². The van der Waals surface area contributed by atoms with Crippen molar-refractivity contribution >= 4 is 27.4 Å². The molecule has 0 amide bonds. The molecule has 0 aliphatic heterocycles. The second-order valence-corrected chi connectivity index (χ2v) is 7.07. The molecule has 0 radical (unpaired) electrons. The first-order valence-electron chi connectivity index (χ1n) is 8.11. The van der Waals surface area contributed by atoms with E-state index >= 15 is 0 Å². The zero-order chi connectivity index (χ0) is 16.2. The molecule has 1 aromatic heterocycles. The van der Waals surface area contributed by atoms with Gasteiger partial charge in [0, 0.05) is 10.8 Å². The molecule has 1 saturated carbocycles. The lowest BCUT2D eigenvalue weighted by Crippen LogP contribution is -2.24. The molecule has 1 aromatic carbocycles. The van der Waals surface area contributed by atoms with Crippen molar-refractivity contribution in [2.45, 2.75) is 32.6 Å². The standard InChI is InChI=1S/C19H22O3S/c1-3-4-13-5-7-14(8-6-13)19(20)22-18-11-15-9-10-16(21-2)12-17(15)23-18/h3-4,9-14H,5-8H2,1-2H3/b4-3+. The number of ether oxygens (including phenoxy) is 2. The molecule has 3 rings (SSSR count). The van der Waals surface area contributed by atoms with E-state index in [0.29, 0.717) is 11.0 Å². The summed E-state index contributed by atoms with van der Waals surface area (Å²) in [6.07, 6.45) is 8.36. The number of carbonyl (C=O) groups is 1. The molecule has 1 aliphatic rings. The summed E-state index contributed by atoms with van der Waals surface area (Å²) in [4.78, 5) is 12.4. The summed E-state index contributed by atoms with van der Waals surface area (Å²) in [6, 6.07) is 7.82. The first-order valence-corrected chi connectivity index (χ1v) is 8.93. The van der Waals surface area contributed by atoms with Crippen molar-refractivity contribution in [3.05, 3.63) is 36.4 Å². The number of carbonyl (C=O) groups excluding carboxylic acids is 1. The smallest absolute Gasteiger partial charge is 0.315 e. The third-order valence-corrected chi connectivity index (χ3v) is 5.45. The SMILES string of the molecule is C/C=C/C1CCC(C(=O)Oc2cc3ccc(OC)cc3s2)CC1. The van der Waals surface area contributed by atoms with Crippen LogP contribution in [0.4, 0.5) is 0 Å². The predicted molar refractivity (Wildman–Crippen MR) is 94.3 cm³/mol. The van der Waals surface area contributed by atoms with Gasteiger partial charge in [0.1, 0.15) is 5.75 Å². The van der Waals surface area contributed by atoms with Gasteiger partial charge in [-0.25, -0.2) is 0 Å². The molecule has 0 bridgehead atoms. The molecule has 1 heterocycles. The van der Waals surface area contributed by atoms with Crippen LogP contribution in [0.2, 0.25) is 0 Å².